The Hall–Kier alpha value is -0.420. The molecule has 19 heavy (non-hydrogen) atoms. The molecule has 2 rings (SSSR count). The molecule has 0 radical (unpaired) electrons. The highest BCUT2D eigenvalue weighted by molar-refractivity contribution is 8.00. The Morgan fingerprint density at radius 3 is 2.74 bits per heavy atom. The number of carbonyl (C=O) groups is 1. The first-order chi connectivity index (χ1) is 8.66. The molecule has 1 N–H and O–H groups in total. The third kappa shape index (κ3) is 4.88. The van der Waals surface area contributed by atoms with Crippen LogP contribution in [0.1, 0.15) is 6.42 Å². The summed E-state index contributed by atoms with van der Waals surface area (Å²) in [7, 11) is 1.89. The average molecular weight is 321 g/mol. The van der Waals surface area contributed by atoms with Gasteiger partial charge in [0.2, 0.25) is 5.91 Å². The second-order valence-corrected chi connectivity index (χ2v) is 5.88. The number of hydrogen-bond acceptors (Lipinski definition) is 3. The van der Waals surface area contributed by atoms with Gasteiger partial charge in [-0.25, -0.2) is 0 Å². The number of thioether (sulfide) groups is 1. The van der Waals surface area contributed by atoms with E-state index in [1.165, 1.54) is 0 Å². The van der Waals surface area contributed by atoms with Gasteiger partial charge in [0.05, 0.1) is 5.75 Å². The van der Waals surface area contributed by atoms with E-state index in [1.54, 1.807) is 11.8 Å². The van der Waals surface area contributed by atoms with Crippen molar-refractivity contribution in [2.75, 3.05) is 25.9 Å². The zero-order valence-corrected chi connectivity index (χ0v) is 13.2. The molecule has 1 aromatic carbocycles. The number of halogens is 2. The molecule has 3 nitrogen and oxygen atoms in total. The van der Waals surface area contributed by atoms with Crippen molar-refractivity contribution in [3.8, 4) is 0 Å². The molecule has 0 saturated carbocycles. The van der Waals surface area contributed by atoms with Gasteiger partial charge in [-0.2, -0.15) is 0 Å². The van der Waals surface area contributed by atoms with Crippen LogP contribution in [-0.4, -0.2) is 42.7 Å². The normalized spacial score (nSPS) is 17.9. The van der Waals surface area contributed by atoms with E-state index in [4.69, 9.17) is 11.6 Å². The summed E-state index contributed by atoms with van der Waals surface area (Å²) in [5.74, 6) is 0.665. The van der Waals surface area contributed by atoms with Crippen molar-refractivity contribution >= 4 is 41.7 Å². The summed E-state index contributed by atoms with van der Waals surface area (Å²) >= 11 is 7.37. The van der Waals surface area contributed by atoms with E-state index in [1.807, 2.05) is 36.2 Å². The van der Waals surface area contributed by atoms with Crippen LogP contribution in [0.5, 0.6) is 0 Å². The molecular formula is C13H18Cl2N2OS. The van der Waals surface area contributed by atoms with Gasteiger partial charge in [-0.3, -0.25) is 4.79 Å². The maximum Gasteiger partial charge on any atom is 0.232 e. The van der Waals surface area contributed by atoms with E-state index in [2.05, 4.69) is 5.32 Å². The highest BCUT2D eigenvalue weighted by Crippen LogP contribution is 2.21. The minimum Gasteiger partial charge on any atom is -0.341 e. The molecule has 0 aliphatic carbocycles. The number of benzene rings is 1. The van der Waals surface area contributed by atoms with Gasteiger partial charge in [0, 0.05) is 29.6 Å². The summed E-state index contributed by atoms with van der Waals surface area (Å²) in [4.78, 5) is 15.0. The Labute approximate surface area is 129 Å². The van der Waals surface area contributed by atoms with Crippen molar-refractivity contribution in [2.24, 2.45) is 0 Å². The van der Waals surface area contributed by atoms with E-state index >= 15 is 0 Å². The van der Waals surface area contributed by atoms with Gasteiger partial charge in [0.25, 0.3) is 0 Å². The standard InChI is InChI=1S/C13H17ClN2OS.ClH/c1-16(11-6-7-15-8-11)13(17)9-18-12-4-2-10(14)3-5-12;/h2-5,11,15H,6-9H2,1H3;1H. The molecule has 0 spiro atoms. The average Bonchev–Trinajstić information content (AvgIpc) is 2.90. The Morgan fingerprint density at radius 1 is 1.47 bits per heavy atom. The second kappa shape index (κ2) is 8.00. The molecule has 1 aliphatic heterocycles. The number of carbonyl (C=O) groups excluding carboxylic acids is 1. The van der Waals surface area contributed by atoms with Gasteiger partial charge in [-0.05, 0) is 37.2 Å². The maximum atomic E-state index is 12.0. The first kappa shape index (κ1) is 16.6. The highest BCUT2D eigenvalue weighted by Gasteiger charge is 2.22. The predicted molar refractivity (Wildman–Crippen MR) is 83.5 cm³/mol. The summed E-state index contributed by atoms with van der Waals surface area (Å²) in [6, 6.07) is 7.93. The predicted octanol–water partition coefficient (Wildman–Crippen LogP) is 2.67. The minimum atomic E-state index is 0. The van der Waals surface area contributed by atoms with Crippen LogP contribution in [0.2, 0.25) is 5.02 Å². The van der Waals surface area contributed by atoms with Crippen molar-refractivity contribution in [2.45, 2.75) is 17.4 Å². The maximum absolute atomic E-state index is 12.0. The summed E-state index contributed by atoms with van der Waals surface area (Å²) in [5.41, 5.74) is 0. The number of likely N-dealkylation sites (N-methyl/N-ethyl adjacent to an activating group) is 1. The Bertz CT molecular complexity index is 408. The number of nitrogens with one attached hydrogen (secondary N) is 1. The molecule has 1 unspecified atom stereocenters. The molecule has 1 atom stereocenters. The third-order valence-corrected chi connectivity index (χ3v) is 4.40. The van der Waals surface area contributed by atoms with Gasteiger partial charge in [0.15, 0.2) is 0 Å². The lowest BCUT2D eigenvalue weighted by Gasteiger charge is -2.23. The fourth-order valence-corrected chi connectivity index (χ4v) is 2.90. The van der Waals surface area contributed by atoms with Crippen LogP contribution >= 0.6 is 35.8 Å². The van der Waals surface area contributed by atoms with Gasteiger partial charge >= 0.3 is 0 Å². The van der Waals surface area contributed by atoms with Crippen molar-refractivity contribution in [3.05, 3.63) is 29.3 Å². The quantitative estimate of drug-likeness (QED) is 0.866. The summed E-state index contributed by atoms with van der Waals surface area (Å²) < 4.78 is 0. The number of amides is 1. The van der Waals surface area contributed by atoms with Crippen LogP contribution < -0.4 is 5.32 Å². The molecule has 6 heteroatoms. The van der Waals surface area contributed by atoms with E-state index < -0.39 is 0 Å². The number of nitrogens with zero attached hydrogens (tertiary/aromatic N) is 1. The van der Waals surface area contributed by atoms with Gasteiger partial charge in [0.1, 0.15) is 0 Å². The molecule has 0 aromatic heterocycles. The van der Waals surface area contributed by atoms with E-state index in [0.29, 0.717) is 11.8 Å². The van der Waals surface area contributed by atoms with E-state index in [0.717, 1.165) is 29.4 Å². The number of rotatable bonds is 4. The fraction of sp³-hybridized carbons (Fsp3) is 0.462. The first-order valence-electron chi connectivity index (χ1n) is 6.01. The molecule has 106 valence electrons. The summed E-state index contributed by atoms with van der Waals surface area (Å²) in [6.45, 7) is 1.92. The molecule has 1 saturated heterocycles. The smallest absolute Gasteiger partial charge is 0.232 e. The lowest BCUT2D eigenvalue weighted by atomic mass is 10.2. The van der Waals surface area contributed by atoms with Gasteiger partial charge < -0.3 is 10.2 Å². The van der Waals surface area contributed by atoms with Crippen LogP contribution in [0.25, 0.3) is 0 Å². The van der Waals surface area contributed by atoms with Crippen LogP contribution in [0, 0.1) is 0 Å². The van der Waals surface area contributed by atoms with Crippen molar-refractivity contribution < 1.29 is 4.79 Å². The third-order valence-electron chi connectivity index (χ3n) is 3.15. The minimum absolute atomic E-state index is 0. The number of hydrogen-bond donors (Lipinski definition) is 1. The molecule has 0 bridgehead atoms. The van der Waals surface area contributed by atoms with Crippen LogP contribution in [0.4, 0.5) is 0 Å². The zero-order valence-electron chi connectivity index (χ0n) is 10.8. The second-order valence-electron chi connectivity index (χ2n) is 4.39. The Morgan fingerprint density at radius 2 is 2.16 bits per heavy atom. The van der Waals surface area contributed by atoms with Crippen molar-refractivity contribution in [3.63, 3.8) is 0 Å². The van der Waals surface area contributed by atoms with Crippen molar-refractivity contribution in [1.82, 2.24) is 10.2 Å². The first-order valence-corrected chi connectivity index (χ1v) is 7.38. The summed E-state index contributed by atoms with van der Waals surface area (Å²) in [5, 5.41) is 3.99. The largest absolute Gasteiger partial charge is 0.341 e. The van der Waals surface area contributed by atoms with Crippen LogP contribution in [0.15, 0.2) is 29.2 Å². The van der Waals surface area contributed by atoms with E-state index in [-0.39, 0.29) is 18.3 Å². The van der Waals surface area contributed by atoms with E-state index in [9.17, 15) is 4.79 Å². The van der Waals surface area contributed by atoms with Crippen molar-refractivity contribution in [1.29, 1.82) is 0 Å². The highest BCUT2D eigenvalue weighted by atomic mass is 35.5. The zero-order chi connectivity index (χ0) is 13.0. The van der Waals surface area contributed by atoms with Crippen LogP contribution in [-0.2, 0) is 4.79 Å². The molecule has 1 aliphatic rings. The van der Waals surface area contributed by atoms with Gasteiger partial charge in [-0.1, -0.05) is 11.6 Å². The Kier molecular flexibility index (Phi) is 7.00. The summed E-state index contributed by atoms with van der Waals surface area (Å²) in [6.07, 6.45) is 1.05. The lowest BCUT2D eigenvalue weighted by molar-refractivity contribution is -0.128. The SMILES string of the molecule is CN(C(=O)CSc1ccc(Cl)cc1)C1CCNC1.Cl. The monoisotopic (exact) mass is 320 g/mol. The van der Waals surface area contributed by atoms with Crippen LogP contribution in [0.3, 0.4) is 0 Å². The van der Waals surface area contributed by atoms with Gasteiger partial charge in [-0.15, -0.1) is 24.2 Å². The fourth-order valence-electron chi connectivity index (χ4n) is 1.95. The molecule has 1 amide bonds. The molecular weight excluding hydrogens is 303 g/mol. The lowest BCUT2D eigenvalue weighted by Crippen LogP contribution is -2.39. The Balaban J connectivity index is 0.00000180. The topological polar surface area (TPSA) is 32.3 Å². The molecule has 1 fully saturated rings. The molecule has 1 heterocycles. The molecule has 1 aromatic rings.